The third-order valence-electron chi connectivity index (χ3n) is 5.00. The molecule has 2 aliphatic rings. The number of aryl methyl sites for hydroxylation is 2. The van der Waals surface area contributed by atoms with Crippen molar-refractivity contribution in [3.63, 3.8) is 0 Å². The molecule has 5 nitrogen and oxygen atoms in total. The highest BCUT2D eigenvalue weighted by Gasteiger charge is 2.49. The number of rotatable bonds is 3. The van der Waals surface area contributed by atoms with E-state index in [1.54, 1.807) is 0 Å². The summed E-state index contributed by atoms with van der Waals surface area (Å²) < 4.78 is 24.3. The van der Waals surface area contributed by atoms with Crippen molar-refractivity contribution in [1.82, 2.24) is 0 Å². The van der Waals surface area contributed by atoms with E-state index in [2.05, 4.69) is 4.99 Å². The second-order valence-electron chi connectivity index (χ2n) is 7.46. The predicted octanol–water partition coefficient (Wildman–Crippen LogP) is 3.15. The molecule has 2 saturated heterocycles. The van der Waals surface area contributed by atoms with E-state index in [1.165, 1.54) is 11.8 Å². The van der Waals surface area contributed by atoms with E-state index in [0.717, 1.165) is 22.4 Å². The molecule has 0 N–H and O–H groups in total. The van der Waals surface area contributed by atoms with Crippen molar-refractivity contribution < 1.29 is 13.2 Å². The van der Waals surface area contributed by atoms with Gasteiger partial charge in [-0.25, -0.2) is 8.42 Å². The fourth-order valence-corrected chi connectivity index (χ4v) is 7.72. The second kappa shape index (κ2) is 7.37. The third kappa shape index (κ3) is 4.00. The lowest BCUT2D eigenvalue weighted by molar-refractivity contribution is -0.117. The molecule has 2 heterocycles. The molecule has 2 fully saturated rings. The number of thioether (sulfide) groups is 1. The Bertz CT molecular complexity index is 1060. The van der Waals surface area contributed by atoms with Gasteiger partial charge in [0, 0.05) is 10.9 Å². The summed E-state index contributed by atoms with van der Waals surface area (Å²) in [6.45, 7) is 3.99. The van der Waals surface area contributed by atoms with Crippen molar-refractivity contribution >= 4 is 38.4 Å². The van der Waals surface area contributed by atoms with Gasteiger partial charge in [-0.15, -0.1) is 0 Å². The highest BCUT2D eigenvalue weighted by Crippen LogP contribution is 2.41. The second-order valence-corrected chi connectivity index (χ2v) is 10.8. The van der Waals surface area contributed by atoms with E-state index in [0.29, 0.717) is 5.17 Å². The number of hydrogen-bond donors (Lipinski definition) is 0. The van der Waals surface area contributed by atoms with Crippen LogP contribution in [0.5, 0.6) is 0 Å². The van der Waals surface area contributed by atoms with Gasteiger partial charge in [0.15, 0.2) is 15.0 Å². The number of amides is 1. The topological polar surface area (TPSA) is 66.8 Å². The van der Waals surface area contributed by atoms with Gasteiger partial charge >= 0.3 is 0 Å². The first-order chi connectivity index (χ1) is 13.3. The summed E-state index contributed by atoms with van der Waals surface area (Å²) >= 11 is 1.41. The van der Waals surface area contributed by atoms with Crippen LogP contribution in [0.25, 0.3) is 0 Å². The van der Waals surface area contributed by atoms with Crippen molar-refractivity contribution in [2.75, 3.05) is 16.4 Å². The predicted molar refractivity (Wildman–Crippen MR) is 115 cm³/mol. The lowest BCUT2D eigenvalue weighted by atomic mass is 10.1. The molecule has 0 bridgehead atoms. The number of anilines is 1. The van der Waals surface area contributed by atoms with Crippen LogP contribution in [0.1, 0.15) is 16.7 Å². The smallest absolute Gasteiger partial charge is 0.252 e. The maximum atomic E-state index is 12.6. The molecule has 2 atom stereocenters. The largest absolute Gasteiger partial charge is 0.316 e. The van der Waals surface area contributed by atoms with E-state index >= 15 is 0 Å². The van der Waals surface area contributed by atoms with Crippen LogP contribution in [0.2, 0.25) is 0 Å². The molecular weight excluding hydrogens is 392 g/mol. The average molecular weight is 415 g/mol. The normalized spacial score (nSPS) is 24.5. The Morgan fingerprint density at radius 2 is 1.82 bits per heavy atom. The summed E-state index contributed by atoms with van der Waals surface area (Å²) in [5.41, 5.74) is 4.01. The number of sulfone groups is 1. The summed E-state index contributed by atoms with van der Waals surface area (Å²) in [6, 6.07) is 15.6. The van der Waals surface area contributed by atoms with Gasteiger partial charge in [-0.2, -0.15) is 4.99 Å². The molecule has 0 aromatic heterocycles. The molecule has 7 heteroatoms. The zero-order valence-corrected chi connectivity index (χ0v) is 17.5. The number of carbonyl (C=O) groups excluding carboxylic acids is 1. The van der Waals surface area contributed by atoms with Gasteiger partial charge in [-0.1, -0.05) is 53.7 Å². The van der Waals surface area contributed by atoms with Crippen LogP contribution in [0.4, 0.5) is 5.69 Å². The third-order valence-corrected chi connectivity index (χ3v) is 8.21. The summed E-state index contributed by atoms with van der Waals surface area (Å²) in [5.74, 6) is 0.0213. The van der Waals surface area contributed by atoms with Gasteiger partial charge in [0.1, 0.15) is 0 Å². The highest BCUT2D eigenvalue weighted by molar-refractivity contribution is 8.16. The quantitative estimate of drug-likeness (QED) is 0.772. The van der Waals surface area contributed by atoms with E-state index in [-0.39, 0.29) is 35.1 Å². The molecule has 4 rings (SSSR count). The van der Waals surface area contributed by atoms with Gasteiger partial charge in [0.25, 0.3) is 5.91 Å². The zero-order chi connectivity index (χ0) is 19.9. The van der Waals surface area contributed by atoms with Crippen LogP contribution in [-0.2, 0) is 21.1 Å². The Labute approximate surface area is 169 Å². The van der Waals surface area contributed by atoms with E-state index in [9.17, 15) is 13.2 Å². The summed E-state index contributed by atoms with van der Waals surface area (Å²) in [4.78, 5) is 19.0. The molecule has 28 heavy (non-hydrogen) atoms. The SMILES string of the molecule is Cc1cccc(CC(=O)N=C2S[C@H]3CS(=O)(=O)C[C@H]3N2c2cccc(C)c2)c1. The van der Waals surface area contributed by atoms with Crippen LogP contribution in [0, 0.1) is 13.8 Å². The van der Waals surface area contributed by atoms with Crippen molar-refractivity contribution in [2.45, 2.75) is 31.6 Å². The van der Waals surface area contributed by atoms with E-state index in [1.807, 2.05) is 67.3 Å². The standard InChI is InChI=1S/C21H22N2O3S2/c1-14-5-3-7-16(9-14)11-20(24)22-21-23(17-8-4-6-15(2)10-17)18-12-28(25,26)13-19(18)27-21/h3-10,18-19H,11-13H2,1-2H3/t18-,19+/m1/s1. The molecular formula is C21H22N2O3S2. The summed E-state index contributed by atoms with van der Waals surface area (Å²) in [5, 5.41) is 0.518. The molecule has 2 aliphatic heterocycles. The maximum absolute atomic E-state index is 12.6. The maximum Gasteiger partial charge on any atom is 0.252 e. The fraction of sp³-hybridized carbons (Fsp3) is 0.333. The number of fused-ring (bicyclic) bond motifs is 1. The van der Waals surface area contributed by atoms with Crippen molar-refractivity contribution in [3.8, 4) is 0 Å². The van der Waals surface area contributed by atoms with Crippen molar-refractivity contribution in [1.29, 1.82) is 0 Å². The molecule has 0 spiro atoms. The van der Waals surface area contributed by atoms with Crippen LogP contribution in [0.15, 0.2) is 53.5 Å². The van der Waals surface area contributed by atoms with Crippen molar-refractivity contribution in [3.05, 3.63) is 65.2 Å². The minimum atomic E-state index is -3.06. The summed E-state index contributed by atoms with van der Waals surface area (Å²) in [6.07, 6.45) is 0.237. The Morgan fingerprint density at radius 1 is 1.11 bits per heavy atom. The number of aliphatic imine (C=N–C) groups is 1. The number of nitrogens with zero attached hydrogens (tertiary/aromatic N) is 2. The Morgan fingerprint density at radius 3 is 2.54 bits per heavy atom. The van der Waals surface area contributed by atoms with Crippen molar-refractivity contribution in [2.24, 2.45) is 4.99 Å². The molecule has 0 aliphatic carbocycles. The Hall–Kier alpha value is -2.12. The lowest BCUT2D eigenvalue weighted by Crippen LogP contribution is -2.37. The first kappa shape index (κ1) is 19.2. The van der Waals surface area contributed by atoms with Crippen LogP contribution in [0.3, 0.4) is 0 Å². The molecule has 2 aromatic carbocycles. The molecule has 146 valence electrons. The van der Waals surface area contributed by atoms with Gasteiger partial charge < -0.3 is 4.90 Å². The minimum Gasteiger partial charge on any atom is -0.316 e. The van der Waals surface area contributed by atoms with Crippen LogP contribution >= 0.6 is 11.8 Å². The van der Waals surface area contributed by atoms with E-state index < -0.39 is 9.84 Å². The monoisotopic (exact) mass is 414 g/mol. The number of amidine groups is 1. The zero-order valence-electron chi connectivity index (χ0n) is 15.8. The van der Waals surface area contributed by atoms with E-state index in [4.69, 9.17) is 0 Å². The Kier molecular flexibility index (Phi) is 5.05. The molecule has 2 aromatic rings. The molecule has 1 amide bonds. The number of carbonyl (C=O) groups is 1. The van der Waals surface area contributed by atoms with Crippen LogP contribution < -0.4 is 4.90 Å². The number of benzene rings is 2. The summed E-state index contributed by atoms with van der Waals surface area (Å²) in [7, 11) is -3.06. The minimum absolute atomic E-state index is 0.0870. The lowest BCUT2D eigenvalue weighted by Gasteiger charge is -2.24. The Balaban J connectivity index is 1.65. The first-order valence-corrected chi connectivity index (χ1v) is 11.9. The number of hydrogen-bond acceptors (Lipinski definition) is 4. The average Bonchev–Trinajstić information content (AvgIpc) is 3.05. The molecule has 0 unspecified atom stereocenters. The van der Waals surface area contributed by atoms with Gasteiger partial charge in [-0.05, 0) is 37.1 Å². The van der Waals surface area contributed by atoms with Gasteiger partial charge in [-0.3, -0.25) is 4.79 Å². The fourth-order valence-electron chi connectivity index (χ4n) is 3.79. The highest BCUT2D eigenvalue weighted by atomic mass is 32.2. The molecule has 0 saturated carbocycles. The first-order valence-electron chi connectivity index (χ1n) is 9.21. The molecule has 0 radical (unpaired) electrons. The van der Waals surface area contributed by atoms with Gasteiger partial charge in [0.05, 0.1) is 24.0 Å². The van der Waals surface area contributed by atoms with Crippen LogP contribution in [-0.4, -0.2) is 42.3 Å². The van der Waals surface area contributed by atoms with Gasteiger partial charge in [0.2, 0.25) is 0 Å².